The van der Waals surface area contributed by atoms with Gasteiger partial charge in [0.05, 0.1) is 5.69 Å². The molecule has 0 radical (unpaired) electrons. The molecule has 3 N–H and O–H groups in total. The summed E-state index contributed by atoms with van der Waals surface area (Å²) in [5.41, 5.74) is 10.2. The maximum absolute atomic E-state index is 13.1. The largest absolute Gasteiger partial charge is 0.384 e. The summed E-state index contributed by atoms with van der Waals surface area (Å²) < 4.78 is 27.5. The van der Waals surface area contributed by atoms with E-state index in [1.165, 1.54) is 12.6 Å². The molecule has 2 saturated heterocycles. The fourth-order valence-electron chi connectivity index (χ4n) is 5.81. The molecule has 0 aromatic carbocycles. The van der Waals surface area contributed by atoms with Crippen LogP contribution in [-0.2, 0) is 9.84 Å². The third-order valence-electron chi connectivity index (χ3n) is 7.38. The van der Waals surface area contributed by atoms with Gasteiger partial charge in [0.2, 0.25) is 5.82 Å². The molecule has 2 fully saturated rings. The maximum atomic E-state index is 13.1. The number of aromatic amines is 1. The summed E-state index contributed by atoms with van der Waals surface area (Å²) in [4.78, 5) is 27.1. The van der Waals surface area contributed by atoms with E-state index in [1.807, 2.05) is 30.0 Å². The van der Waals surface area contributed by atoms with Gasteiger partial charge in [0.1, 0.15) is 22.7 Å². The average Bonchev–Trinajstić information content (AvgIpc) is 3.57. The molecule has 6 rings (SSSR count). The van der Waals surface area contributed by atoms with E-state index >= 15 is 0 Å². The zero-order chi connectivity index (χ0) is 25.2. The van der Waals surface area contributed by atoms with Crippen molar-refractivity contribution in [1.82, 2.24) is 34.4 Å². The zero-order valence-electron chi connectivity index (χ0n) is 19.9. The highest BCUT2D eigenvalue weighted by Gasteiger charge is 2.46. The highest BCUT2D eigenvalue weighted by atomic mass is 32.2. The van der Waals surface area contributed by atoms with Crippen molar-refractivity contribution in [3.05, 3.63) is 54.1 Å². The number of hydrogen-bond donors (Lipinski definition) is 2. The molecule has 4 aromatic rings. The quantitative estimate of drug-likeness (QED) is 0.428. The Hall–Kier alpha value is -3.80. The van der Waals surface area contributed by atoms with E-state index in [1.54, 1.807) is 16.8 Å². The predicted molar refractivity (Wildman–Crippen MR) is 132 cm³/mol. The number of carbonyl (C=O) groups excluding carboxylic acids is 1. The second-order valence-corrected chi connectivity index (χ2v) is 11.7. The van der Waals surface area contributed by atoms with Crippen molar-refractivity contribution in [1.29, 1.82) is 0 Å². The van der Waals surface area contributed by atoms with Crippen LogP contribution in [0, 0.1) is 6.92 Å². The molecule has 186 valence electrons. The summed E-state index contributed by atoms with van der Waals surface area (Å²) in [7, 11) is -3.67. The maximum Gasteiger partial charge on any atom is 0.292 e. The molecule has 2 bridgehead atoms. The van der Waals surface area contributed by atoms with Crippen molar-refractivity contribution in [2.45, 2.75) is 55.5 Å². The number of amides is 1. The van der Waals surface area contributed by atoms with Crippen molar-refractivity contribution in [3.63, 3.8) is 0 Å². The summed E-state index contributed by atoms with van der Waals surface area (Å²) in [6, 6.07) is 5.69. The Balaban J connectivity index is 1.45. The van der Waals surface area contributed by atoms with Crippen molar-refractivity contribution in [2.75, 3.05) is 12.0 Å². The number of fused-ring (bicyclic) bond motifs is 3. The molecule has 2 aliphatic heterocycles. The molecule has 3 atom stereocenters. The first-order valence-corrected chi connectivity index (χ1v) is 13.7. The van der Waals surface area contributed by atoms with Crippen LogP contribution < -0.4 is 5.73 Å². The fraction of sp³-hybridized carbons (Fsp3) is 0.375. The SMILES string of the molecule is Cc1ccc(-c2ccn3c(N)c(S(C)(=O)=O)c([C@@H]4C[C@H]5CC[C@@H](C4)N5C(=O)c4nnc[nH]4)nc23)cn1. The number of hydrogen-bond acceptors (Lipinski definition) is 8. The van der Waals surface area contributed by atoms with Crippen LogP contribution >= 0.6 is 0 Å². The summed E-state index contributed by atoms with van der Waals surface area (Å²) in [5, 5.41) is 7.61. The van der Waals surface area contributed by atoms with E-state index in [2.05, 4.69) is 20.2 Å². The minimum atomic E-state index is -3.67. The third-order valence-corrected chi connectivity index (χ3v) is 8.54. The molecule has 6 heterocycles. The van der Waals surface area contributed by atoms with Gasteiger partial charge in [0.25, 0.3) is 5.91 Å². The van der Waals surface area contributed by atoms with Crippen LogP contribution in [0.4, 0.5) is 5.82 Å². The van der Waals surface area contributed by atoms with Crippen LogP contribution in [0.5, 0.6) is 0 Å². The second-order valence-electron chi connectivity index (χ2n) is 9.70. The van der Waals surface area contributed by atoms with Crippen LogP contribution in [0.3, 0.4) is 0 Å². The molecule has 11 nitrogen and oxygen atoms in total. The number of anilines is 1. The number of nitrogens with one attached hydrogen (secondary N) is 1. The molecule has 4 aromatic heterocycles. The number of aryl methyl sites for hydroxylation is 1. The lowest BCUT2D eigenvalue weighted by Crippen LogP contribution is -2.46. The second kappa shape index (κ2) is 8.12. The van der Waals surface area contributed by atoms with Gasteiger partial charge < -0.3 is 15.6 Å². The van der Waals surface area contributed by atoms with Gasteiger partial charge in [-0.25, -0.2) is 13.4 Å². The molecule has 0 saturated carbocycles. The van der Waals surface area contributed by atoms with Gasteiger partial charge in [-0.3, -0.25) is 14.2 Å². The smallest absolute Gasteiger partial charge is 0.292 e. The molecular weight excluding hydrogens is 480 g/mol. The molecule has 36 heavy (non-hydrogen) atoms. The van der Waals surface area contributed by atoms with E-state index in [4.69, 9.17) is 10.7 Å². The van der Waals surface area contributed by atoms with Crippen LogP contribution in [-0.4, -0.2) is 67.1 Å². The van der Waals surface area contributed by atoms with Gasteiger partial charge in [-0.15, -0.1) is 10.2 Å². The minimum absolute atomic E-state index is 0.0365. The van der Waals surface area contributed by atoms with E-state index < -0.39 is 9.84 Å². The Morgan fingerprint density at radius 1 is 1.17 bits per heavy atom. The Morgan fingerprint density at radius 3 is 2.53 bits per heavy atom. The number of carbonyl (C=O) groups is 1. The van der Waals surface area contributed by atoms with E-state index in [0.29, 0.717) is 24.2 Å². The lowest BCUT2D eigenvalue weighted by molar-refractivity contribution is 0.0556. The van der Waals surface area contributed by atoms with Crippen LogP contribution in [0.2, 0.25) is 0 Å². The standard InChI is InChI=1S/C24H26N8O3S/c1-13-3-4-14(11-26-13)18-7-8-31-21(25)20(36(2,34)35)19(29-23(18)31)15-9-16-5-6-17(10-15)32(16)24(33)22-27-12-28-30-22/h3-4,7-8,11-12,15-17H,5-6,9-10,25H2,1-2H3,(H,27,28,30)/t15-,16-,17+. The van der Waals surface area contributed by atoms with Crippen molar-refractivity contribution >= 4 is 27.2 Å². The Morgan fingerprint density at radius 2 is 1.92 bits per heavy atom. The van der Waals surface area contributed by atoms with Gasteiger partial charge in [-0.05, 0) is 44.7 Å². The normalized spacial score (nSPS) is 21.8. The number of aromatic nitrogens is 6. The number of H-pyrrole nitrogens is 1. The monoisotopic (exact) mass is 506 g/mol. The van der Waals surface area contributed by atoms with Gasteiger partial charge in [0.15, 0.2) is 9.84 Å². The van der Waals surface area contributed by atoms with Crippen LogP contribution in [0.15, 0.2) is 41.8 Å². The van der Waals surface area contributed by atoms with Gasteiger partial charge in [-0.2, -0.15) is 0 Å². The van der Waals surface area contributed by atoms with Crippen molar-refractivity contribution in [2.24, 2.45) is 0 Å². The van der Waals surface area contributed by atoms with Gasteiger partial charge in [-0.1, -0.05) is 6.07 Å². The topological polar surface area (TPSA) is 152 Å². The van der Waals surface area contributed by atoms with Gasteiger partial charge in [0, 0.05) is 53.5 Å². The summed E-state index contributed by atoms with van der Waals surface area (Å²) in [5.74, 6) is 0.0366. The first-order chi connectivity index (χ1) is 17.2. The molecule has 2 aliphatic rings. The number of sulfone groups is 1. The minimum Gasteiger partial charge on any atom is -0.384 e. The van der Waals surface area contributed by atoms with E-state index in [-0.39, 0.29) is 40.4 Å². The lowest BCUT2D eigenvalue weighted by atomic mass is 9.87. The summed E-state index contributed by atoms with van der Waals surface area (Å²) in [6.45, 7) is 1.92. The molecule has 12 heteroatoms. The third kappa shape index (κ3) is 3.55. The highest BCUT2D eigenvalue weighted by Crippen LogP contribution is 2.45. The Kier molecular flexibility index (Phi) is 5.11. The van der Waals surface area contributed by atoms with Gasteiger partial charge >= 0.3 is 0 Å². The number of piperidine rings is 1. The van der Waals surface area contributed by atoms with E-state index in [0.717, 1.165) is 29.7 Å². The van der Waals surface area contributed by atoms with Crippen LogP contribution in [0.25, 0.3) is 16.8 Å². The molecular formula is C24H26N8O3S. The summed E-state index contributed by atoms with van der Waals surface area (Å²) in [6.07, 6.45) is 8.97. The number of pyridine rings is 1. The number of rotatable bonds is 4. The first-order valence-electron chi connectivity index (χ1n) is 11.8. The van der Waals surface area contributed by atoms with Crippen molar-refractivity contribution in [3.8, 4) is 11.1 Å². The average molecular weight is 507 g/mol. The first kappa shape index (κ1) is 22.7. The molecule has 0 unspecified atom stereocenters. The molecule has 0 aliphatic carbocycles. The molecule has 0 spiro atoms. The predicted octanol–water partition coefficient (Wildman–Crippen LogP) is 2.36. The molecule has 1 amide bonds. The summed E-state index contributed by atoms with van der Waals surface area (Å²) >= 11 is 0. The Bertz CT molecular complexity index is 1560. The number of nitrogens with two attached hydrogens (primary N) is 1. The Labute approximate surface area is 207 Å². The lowest BCUT2D eigenvalue weighted by Gasteiger charge is -2.38. The highest BCUT2D eigenvalue weighted by molar-refractivity contribution is 7.91. The van der Waals surface area contributed by atoms with Crippen LogP contribution in [0.1, 0.15) is 53.6 Å². The zero-order valence-corrected chi connectivity index (χ0v) is 20.7. The number of nitrogen functional groups attached to an aromatic ring is 1. The van der Waals surface area contributed by atoms with Crippen molar-refractivity contribution < 1.29 is 13.2 Å². The fourth-order valence-corrected chi connectivity index (χ4v) is 6.88. The van der Waals surface area contributed by atoms with E-state index in [9.17, 15) is 13.2 Å². The number of nitrogens with zero attached hydrogens (tertiary/aromatic N) is 6.